The molecule has 2 unspecified atom stereocenters. The van der Waals surface area contributed by atoms with Crippen LogP contribution in [0.25, 0.3) is 0 Å². The van der Waals surface area contributed by atoms with Gasteiger partial charge in [0.25, 0.3) is 0 Å². The normalized spacial score (nSPS) is 13.2. The molecule has 0 fully saturated rings. The monoisotopic (exact) mass is 220 g/mol. The van der Waals surface area contributed by atoms with Crippen molar-refractivity contribution in [3.05, 3.63) is 50.6 Å². The van der Waals surface area contributed by atoms with Crippen LogP contribution in [0.5, 0.6) is 0 Å². The van der Waals surface area contributed by atoms with Crippen LogP contribution in [0.3, 0.4) is 0 Å². The predicted molar refractivity (Wildman–Crippen MR) is 69.0 cm³/mol. The van der Waals surface area contributed by atoms with Crippen molar-refractivity contribution in [2.75, 3.05) is 0 Å². The van der Waals surface area contributed by atoms with E-state index in [4.69, 9.17) is 5.73 Å². The van der Waals surface area contributed by atoms with Gasteiger partial charge in [-0.1, -0.05) is 24.3 Å². The molecule has 0 heterocycles. The molecule has 3 nitrogen and oxygen atoms in total. The molecule has 2 atom stereocenters. The summed E-state index contributed by atoms with van der Waals surface area (Å²) in [7, 11) is 0. The summed E-state index contributed by atoms with van der Waals surface area (Å²) in [6.45, 7) is 14.7. The molecule has 0 aromatic heterocycles. The lowest BCUT2D eigenvalue weighted by molar-refractivity contribution is 0.181. The van der Waals surface area contributed by atoms with Gasteiger partial charge < -0.3 is 10.6 Å². The molecule has 0 aliphatic rings. The second kappa shape index (κ2) is 7.51. The molecule has 3 heteroatoms. The van der Waals surface area contributed by atoms with E-state index in [1.54, 1.807) is 29.2 Å². The molecule has 0 saturated heterocycles. The lowest BCUT2D eigenvalue weighted by Gasteiger charge is -2.33. The number of hydrogen-bond donors (Lipinski definition) is 1. The van der Waals surface area contributed by atoms with Gasteiger partial charge in [-0.3, -0.25) is 0 Å². The molecule has 0 rings (SSSR count). The Kier molecular flexibility index (Phi) is 6.68. The number of carbonyl (C=O) groups is 1. The summed E-state index contributed by atoms with van der Waals surface area (Å²) in [6, 6.07) is -0.797. The van der Waals surface area contributed by atoms with Gasteiger partial charge in [-0.15, -0.1) is 26.3 Å². The van der Waals surface area contributed by atoms with E-state index >= 15 is 0 Å². The smallest absolute Gasteiger partial charge is 0.315 e. The molecule has 0 saturated carbocycles. The van der Waals surface area contributed by atoms with Crippen LogP contribution in [0.2, 0.25) is 0 Å². The van der Waals surface area contributed by atoms with E-state index in [2.05, 4.69) is 26.3 Å². The molecular formula is C13H20N2O. The molecule has 0 radical (unpaired) electrons. The Labute approximate surface area is 97.6 Å². The Morgan fingerprint density at radius 3 is 1.62 bits per heavy atom. The van der Waals surface area contributed by atoms with Crippen molar-refractivity contribution in [3.63, 3.8) is 0 Å². The van der Waals surface area contributed by atoms with Crippen molar-refractivity contribution in [2.45, 2.75) is 24.9 Å². The molecule has 0 spiro atoms. The third-order valence-electron chi connectivity index (χ3n) is 2.33. The van der Waals surface area contributed by atoms with Gasteiger partial charge in [-0.05, 0) is 12.8 Å². The number of nitrogens with zero attached hydrogens (tertiary/aromatic N) is 1. The average Bonchev–Trinajstić information content (AvgIpc) is 2.26. The number of urea groups is 1. The SMILES string of the molecule is C=CCC(C=C)N(C(N)=O)C(C=C)CC=C. The first-order valence-electron chi connectivity index (χ1n) is 5.17. The second-order valence-electron chi connectivity index (χ2n) is 3.40. The summed E-state index contributed by atoms with van der Waals surface area (Å²) in [5.74, 6) is 0. The Hall–Kier alpha value is -1.77. The highest BCUT2D eigenvalue weighted by molar-refractivity contribution is 5.73. The van der Waals surface area contributed by atoms with Gasteiger partial charge in [0.05, 0.1) is 12.1 Å². The van der Waals surface area contributed by atoms with Crippen LogP contribution < -0.4 is 5.73 Å². The van der Waals surface area contributed by atoms with E-state index in [0.29, 0.717) is 12.8 Å². The molecule has 0 aromatic rings. The van der Waals surface area contributed by atoms with E-state index < -0.39 is 6.03 Å². The van der Waals surface area contributed by atoms with Gasteiger partial charge in [0.2, 0.25) is 0 Å². The summed E-state index contributed by atoms with van der Waals surface area (Å²) >= 11 is 0. The van der Waals surface area contributed by atoms with E-state index in [-0.39, 0.29) is 12.1 Å². The minimum Gasteiger partial charge on any atom is -0.351 e. The highest BCUT2D eigenvalue weighted by Gasteiger charge is 2.23. The second-order valence-corrected chi connectivity index (χ2v) is 3.40. The van der Waals surface area contributed by atoms with Crippen molar-refractivity contribution in [3.8, 4) is 0 Å². The van der Waals surface area contributed by atoms with Crippen molar-refractivity contribution in [1.82, 2.24) is 4.90 Å². The topological polar surface area (TPSA) is 46.3 Å². The number of nitrogens with two attached hydrogens (primary N) is 1. The van der Waals surface area contributed by atoms with Crippen LogP contribution in [-0.4, -0.2) is 23.0 Å². The molecule has 2 N–H and O–H groups in total. The van der Waals surface area contributed by atoms with E-state index in [0.717, 1.165) is 0 Å². The van der Waals surface area contributed by atoms with Crippen molar-refractivity contribution >= 4 is 6.03 Å². The van der Waals surface area contributed by atoms with Gasteiger partial charge >= 0.3 is 6.03 Å². The van der Waals surface area contributed by atoms with Crippen molar-refractivity contribution < 1.29 is 4.79 Å². The number of carbonyl (C=O) groups excluding carboxylic acids is 1. The molecule has 0 aromatic carbocycles. The van der Waals surface area contributed by atoms with Crippen LogP contribution in [0, 0.1) is 0 Å². The maximum absolute atomic E-state index is 11.4. The minimum atomic E-state index is -0.488. The van der Waals surface area contributed by atoms with Gasteiger partial charge in [0.15, 0.2) is 0 Å². The van der Waals surface area contributed by atoms with Crippen molar-refractivity contribution in [2.24, 2.45) is 5.73 Å². The third kappa shape index (κ3) is 3.77. The largest absolute Gasteiger partial charge is 0.351 e. The Balaban J connectivity index is 4.99. The fourth-order valence-corrected chi connectivity index (χ4v) is 1.56. The Bertz CT molecular complexity index is 262. The average molecular weight is 220 g/mol. The molecule has 16 heavy (non-hydrogen) atoms. The van der Waals surface area contributed by atoms with Crippen molar-refractivity contribution in [1.29, 1.82) is 0 Å². The first-order chi connectivity index (χ1) is 7.62. The Morgan fingerprint density at radius 2 is 1.44 bits per heavy atom. The number of primary amides is 1. The maximum atomic E-state index is 11.4. The van der Waals surface area contributed by atoms with Gasteiger partial charge in [-0.2, -0.15) is 0 Å². The van der Waals surface area contributed by atoms with E-state index in [9.17, 15) is 4.79 Å². The first kappa shape index (κ1) is 14.2. The number of hydrogen-bond acceptors (Lipinski definition) is 1. The Morgan fingerprint density at radius 1 is 1.06 bits per heavy atom. The van der Waals surface area contributed by atoms with Crippen LogP contribution >= 0.6 is 0 Å². The fraction of sp³-hybridized carbons (Fsp3) is 0.308. The summed E-state index contributed by atoms with van der Waals surface area (Å²) in [5, 5.41) is 0. The molecule has 0 aliphatic heterocycles. The third-order valence-corrected chi connectivity index (χ3v) is 2.33. The predicted octanol–water partition coefficient (Wildman–Crippen LogP) is 2.63. The molecule has 88 valence electrons. The summed E-state index contributed by atoms with van der Waals surface area (Å²) in [4.78, 5) is 13.0. The van der Waals surface area contributed by atoms with E-state index in [1.807, 2.05) is 0 Å². The fourth-order valence-electron chi connectivity index (χ4n) is 1.56. The van der Waals surface area contributed by atoms with E-state index in [1.165, 1.54) is 0 Å². The van der Waals surface area contributed by atoms with Crippen LogP contribution in [0.15, 0.2) is 50.6 Å². The highest BCUT2D eigenvalue weighted by atomic mass is 16.2. The lowest BCUT2D eigenvalue weighted by atomic mass is 10.1. The summed E-state index contributed by atoms with van der Waals surface area (Å²) < 4.78 is 0. The number of amides is 2. The first-order valence-corrected chi connectivity index (χ1v) is 5.17. The molecular weight excluding hydrogens is 200 g/mol. The summed E-state index contributed by atoms with van der Waals surface area (Å²) in [5.41, 5.74) is 5.37. The maximum Gasteiger partial charge on any atom is 0.315 e. The lowest BCUT2D eigenvalue weighted by Crippen LogP contribution is -2.48. The standard InChI is InChI=1S/C13H20N2O/c1-5-9-11(7-3)15(13(14)16)12(8-4)10-6-2/h5-8,11-12H,1-4,9-10H2,(H2,14,16). The van der Waals surface area contributed by atoms with Gasteiger partial charge in [0, 0.05) is 0 Å². The zero-order valence-electron chi connectivity index (χ0n) is 9.64. The quantitative estimate of drug-likeness (QED) is 0.628. The molecule has 2 amide bonds. The molecule has 0 bridgehead atoms. The van der Waals surface area contributed by atoms with Gasteiger partial charge in [-0.25, -0.2) is 4.79 Å². The zero-order valence-corrected chi connectivity index (χ0v) is 9.64. The zero-order chi connectivity index (χ0) is 12.6. The van der Waals surface area contributed by atoms with Crippen LogP contribution in [-0.2, 0) is 0 Å². The van der Waals surface area contributed by atoms with Crippen LogP contribution in [0.1, 0.15) is 12.8 Å². The minimum absolute atomic E-state index is 0.155. The van der Waals surface area contributed by atoms with Crippen LogP contribution in [0.4, 0.5) is 4.79 Å². The molecule has 0 aliphatic carbocycles. The van der Waals surface area contributed by atoms with Gasteiger partial charge in [0.1, 0.15) is 0 Å². The number of rotatable bonds is 8. The summed E-state index contributed by atoms with van der Waals surface area (Å²) in [6.07, 6.45) is 8.08. The highest BCUT2D eigenvalue weighted by Crippen LogP contribution is 2.14.